The van der Waals surface area contributed by atoms with Gasteiger partial charge in [-0.2, -0.15) is 0 Å². The summed E-state index contributed by atoms with van der Waals surface area (Å²) >= 11 is 0. The van der Waals surface area contributed by atoms with Crippen molar-refractivity contribution >= 4 is 28.7 Å². The molecule has 0 heterocycles. The monoisotopic (exact) mass is 476 g/mol. The van der Waals surface area contributed by atoms with Crippen molar-refractivity contribution in [3.63, 3.8) is 0 Å². The molecule has 3 rings (SSSR count). The largest absolute Gasteiger partial charge is 0.871 e. The number of carbonyl (C=O) groups is 2. The lowest BCUT2D eigenvalue weighted by Gasteiger charge is -2.32. The smallest absolute Gasteiger partial charge is 0.303 e. The van der Waals surface area contributed by atoms with Crippen LogP contribution in [0, 0.1) is 0 Å². The van der Waals surface area contributed by atoms with E-state index in [-0.39, 0.29) is 29.1 Å². The molecule has 0 radical (unpaired) electrons. The van der Waals surface area contributed by atoms with Crippen molar-refractivity contribution < 1.29 is 24.4 Å². The van der Waals surface area contributed by atoms with Gasteiger partial charge in [0.2, 0.25) is 0 Å². The molecule has 0 saturated carbocycles. The summed E-state index contributed by atoms with van der Waals surface area (Å²) in [6.45, 7) is 9.81. The van der Waals surface area contributed by atoms with Crippen molar-refractivity contribution in [2.45, 2.75) is 52.9 Å². The second kappa shape index (κ2) is 12.3. The Balaban J connectivity index is 1.79. The van der Waals surface area contributed by atoms with Crippen molar-refractivity contribution in [2.24, 2.45) is 0 Å². The van der Waals surface area contributed by atoms with E-state index in [2.05, 4.69) is 30.2 Å². The molecule has 35 heavy (non-hydrogen) atoms. The minimum Gasteiger partial charge on any atom is -0.871 e. The maximum Gasteiger partial charge on any atom is 0.303 e. The van der Waals surface area contributed by atoms with Crippen LogP contribution in [0.5, 0.6) is 0 Å². The summed E-state index contributed by atoms with van der Waals surface area (Å²) in [5, 5.41) is 21.9. The van der Waals surface area contributed by atoms with E-state index in [1.54, 1.807) is 0 Å². The van der Waals surface area contributed by atoms with Gasteiger partial charge in [-0.05, 0) is 48.3 Å². The molecule has 0 aromatic heterocycles. The summed E-state index contributed by atoms with van der Waals surface area (Å²) < 4.78 is 2.32. The molecule has 6 nitrogen and oxygen atoms in total. The predicted octanol–water partition coefficient (Wildman–Crippen LogP) is 4.12. The number of nitrogens with zero attached hydrogens (tertiary/aromatic N) is 2. The average Bonchev–Trinajstić information content (AvgIpc) is 2.84. The van der Waals surface area contributed by atoms with E-state index in [0.717, 1.165) is 50.3 Å². The van der Waals surface area contributed by atoms with E-state index in [9.17, 15) is 14.7 Å². The first-order valence-corrected chi connectivity index (χ1v) is 12.7. The fourth-order valence-corrected chi connectivity index (χ4v) is 4.57. The Morgan fingerprint density at radius 1 is 0.914 bits per heavy atom. The number of aliphatic carboxylic acids is 1. The molecule has 0 amide bonds. The Labute approximate surface area is 208 Å². The molecule has 0 bridgehead atoms. The lowest BCUT2D eigenvalue weighted by Crippen LogP contribution is -2.30. The lowest BCUT2D eigenvalue weighted by molar-refractivity contribution is -0.526. The number of ketones is 1. The number of benzene rings is 1. The Morgan fingerprint density at radius 2 is 1.54 bits per heavy atom. The molecule has 1 N–H and O–H groups in total. The van der Waals surface area contributed by atoms with E-state index in [4.69, 9.17) is 5.11 Å². The van der Waals surface area contributed by atoms with Crippen molar-refractivity contribution in [1.82, 2.24) is 0 Å². The molecule has 2 aliphatic carbocycles. The highest BCUT2D eigenvalue weighted by atomic mass is 16.4. The maximum absolute atomic E-state index is 13.0. The Hall–Kier alpha value is -3.41. The number of Topliss-reactive ketones (excluding diaryl/α,β-unsaturated/α-hetero) is 1. The summed E-state index contributed by atoms with van der Waals surface area (Å²) in [5.41, 5.74) is 3.87. The van der Waals surface area contributed by atoms with Crippen LogP contribution in [-0.2, 0) is 9.59 Å². The van der Waals surface area contributed by atoms with Crippen LogP contribution in [0.1, 0.15) is 58.4 Å². The number of carboxylic acids is 1. The summed E-state index contributed by atoms with van der Waals surface area (Å²) in [4.78, 5) is 25.9. The lowest BCUT2D eigenvalue weighted by atomic mass is 9.80. The SMILES string of the molecule is CCCN(CCCC(=O)O)c1ccc(C2=C([O-])C(=C3C=CC(=[N+](CCC)CCC)C=C3)C2=O)cc1. The molecule has 0 spiro atoms. The predicted molar refractivity (Wildman–Crippen MR) is 139 cm³/mol. The quantitative estimate of drug-likeness (QED) is 0.362. The number of allylic oxidation sites excluding steroid dienone is 7. The molecular formula is C29H36N2O4. The third-order valence-corrected chi connectivity index (χ3v) is 6.25. The Bertz CT molecular complexity index is 1080. The highest BCUT2D eigenvalue weighted by molar-refractivity contribution is 6.39. The number of carbonyl (C=O) groups excluding carboxylic acids is 1. The fraction of sp³-hybridized carbons (Fsp3) is 0.414. The first kappa shape index (κ1) is 26.2. The van der Waals surface area contributed by atoms with Crippen LogP contribution in [0.15, 0.2) is 65.5 Å². The van der Waals surface area contributed by atoms with Gasteiger partial charge in [-0.1, -0.05) is 38.7 Å². The van der Waals surface area contributed by atoms with Crippen LogP contribution in [0.3, 0.4) is 0 Å². The number of hydrogen-bond donors (Lipinski definition) is 1. The van der Waals surface area contributed by atoms with Gasteiger partial charge in [-0.15, -0.1) is 0 Å². The zero-order valence-electron chi connectivity index (χ0n) is 21.0. The normalized spacial score (nSPS) is 15.1. The highest BCUT2D eigenvalue weighted by Crippen LogP contribution is 2.37. The number of anilines is 1. The molecule has 2 aliphatic rings. The van der Waals surface area contributed by atoms with Gasteiger partial charge in [0.05, 0.1) is 0 Å². The summed E-state index contributed by atoms with van der Waals surface area (Å²) in [7, 11) is 0. The van der Waals surface area contributed by atoms with Gasteiger partial charge < -0.3 is 15.1 Å². The molecule has 0 atom stereocenters. The van der Waals surface area contributed by atoms with Crippen LogP contribution in [0.4, 0.5) is 5.69 Å². The van der Waals surface area contributed by atoms with Gasteiger partial charge in [0.1, 0.15) is 13.1 Å². The van der Waals surface area contributed by atoms with Crippen molar-refractivity contribution in [2.75, 3.05) is 31.1 Å². The topological polar surface area (TPSA) is 83.7 Å². The van der Waals surface area contributed by atoms with Gasteiger partial charge in [-0.3, -0.25) is 9.59 Å². The average molecular weight is 477 g/mol. The molecule has 186 valence electrons. The second-order valence-electron chi connectivity index (χ2n) is 8.97. The summed E-state index contributed by atoms with van der Waals surface area (Å²) in [5.74, 6) is -1.21. The maximum atomic E-state index is 13.0. The first-order valence-electron chi connectivity index (χ1n) is 12.7. The molecule has 0 fully saturated rings. The number of carboxylic acid groups (broad SMARTS) is 1. The van der Waals surface area contributed by atoms with E-state index in [1.807, 2.05) is 48.6 Å². The minimum atomic E-state index is -0.795. The highest BCUT2D eigenvalue weighted by Gasteiger charge is 2.30. The Morgan fingerprint density at radius 3 is 2.06 bits per heavy atom. The number of hydrogen-bond acceptors (Lipinski definition) is 4. The summed E-state index contributed by atoms with van der Waals surface area (Å²) in [6.07, 6.45) is 11.5. The minimum absolute atomic E-state index is 0.133. The van der Waals surface area contributed by atoms with Crippen molar-refractivity contribution in [1.29, 1.82) is 0 Å². The molecule has 0 saturated heterocycles. The molecule has 0 aliphatic heterocycles. The summed E-state index contributed by atoms with van der Waals surface area (Å²) in [6, 6.07) is 7.44. The van der Waals surface area contributed by atoms with Crippen molar-refractivity contribution in [3.8, 4) is 0 Å². The van der Waals surface area contributed by atoms with Crippen LogP contribution in [-0.4, -0.2) is 53.3 Å². The van der Waals surface area contributed by atoms with Crippen LogP contribution < -0.4 is 10.0 Å². The molecule has 1 aromatic carbocycles. The van der Waals surface area contributed by atoms with E-state index in [1.165, 1.54) is 0 Å². The molecule has 1 aromatic rings. The number of rotatable bonds is 12. The van der Waals surface area contributed by atoms with E-state index >= 15 is 0 Å². The second-order valence-corrected chi connectivity index (χ2v) is 8.97. The van der Waals surface area contributed by atoms with Crippen LogP contribution in [0.2, 0.25) is 0 Å². The van der Waals surface area contributed by atoms with Gasteiger partial charge in [0, 0.05) is 61.3 Å². The zero-order valence-corrected chi connectivity index (χ0v) is 21.0. The van der Waals surface area contributed by atoms with Gasteiger partial charge in [0.15, 0.2) is 11.5 Å². The van der Waals surface area contributed by atoms with Crippen molar-refractivity contribution in [3.05, 3.63) is 71.0 Å². The van der Waals surface area contributed by atoms with E-state index in [0.29, 0.717) is 24.1 Å². The molecule has 0 unspecified atom stereocenters. The van der Waals surface area contributed by atoms with Gasteiger partial charge in [0.25, 0.3) is 0 Å². The molecule has 6 heteroatoms. The van der Waals surface area contributed by atoms with Gasteiger partial charge >= 0.3 is 5.97 Å². The third-order valence-electron chi connectivity index (χ3n) is 6.25. The molecular weight excluding hydrogens is 440 g/mol. The van der Waals surface area contributed by atoms with Gasteiger partial charge in [-0.25, -0.2) is 4.58 Å². The first-order chi connectivity index (χ1) is 16.9. The fourth-order valence-electron chi connectivity index (χ4n) is 4.57. The van der Waals surface area contributed by atoms with Crippen LogP contribution >= 0.6 is 0 Å². The Kier molecular flexibility index (Phi) is 9.24. The van der Waals surface area contributed by atoms with Crippen LogP contribution in [0.25, 0.3) is 5.57 Å². The zero-order chi connectivity index (χ0) is 25.4. The standard InChI is InChI=1S/C29H36N2O4/c1-4-17-30(18-5-2)23-13-9-21(10-14-23)26-28(34)27(29(26)35)22-11-15-24(16-12-22)31(19-6-3)20-7-8-25(32)33/h9-16H,4-8,17-20H2,1-3H3,(H-,32,33,34,35). The van der Waals surface area contributed by atoms with E-state index < -0.39 is 5.97 Å². The third kappa shape index (κ3) is 6.18.